The average molecular weight is 590 g/mol. The quantitative estimate of drug-likeness (QED) is 0.280. The molecule has 0 bridgehead atoms. The second kappa shape index (κ2) is 10.4. The molecule has 1 aliphatic heterocycles. The lowest BCUT2D eigenvalue weighted by Gasteiger charge is -2.17. The summed E-state index contributed by atoms with van der Waals surface area (Å²) in [5.41, 5.74) is 4.47. The van der Waals surface area contributed by atoms with E-state index in [9.17, 15) is 14.0 Å². The minimum atomic E-state index is -0.508. The number of halogens is 3. The third kappa shape index (κ3) is 5.00. The first-order valence-electron chi connectivity index (χ1n) is 10.3. The Kier molecular flexibility index (Phi) is 7.33. The van der Waals surface area contributed by atoms with E-state index in [-0.39, 0.29) is 18.0 Å². The minimum absolute atomic E-state index is 0.0149. The van der Waals surface area contributed by atoms with Crippen molar-refractivity contribution in [1.29, 1.82) is 0 Å². The summed E-state index contributed by atoms with van der Waals surface area (Å²) in [6.45, 7) is 2.40. The Labute approximate surface area is 212 Å². The van der Waals surface area contributed by atoms with Gasteiger partial charge in [0.1, 0.15) is 18.0 Å². The van der Waals surface area contributed by atoms with Crippen LogP contribution in [0.3, 0.4) is 0 Å². The molecule has 4 rings (SSSR count). The average Bonchev–Trinajstić information content (AvgIpc) is 3.12. The number of hydrazine groups is 1. The van der Waals surface area contributed by atoms with Gasteiger partial charge in [-0.15, -0.1) is 0 Å². The first kappa shape index (κ1) is 24.0. The molecule has 0 unspecified atom stereocenters. The van der Waals surface area contributed by atoms with Gasteiger partial charge in [-0.2, -0.15) is 0 Å². The number of carbonyl (C=O) groups is 2. The number of carbonyl (C=O) groups excluding carboxylic acids is 2. The Balaban J connectivity index is 1.66. The molecule has 3 aromatic carbocycles. The number of hydrogen-bond donors (Lipinski definition) is 1. The van der Waals surface area contributed by atoms with Crippen LogP contribution in [0.15, 0.2) is 75.2 Å². The molecule has 3 aromatic rings. The molecular weight excluding hydrogens is 571 g/mol. The fourth-order valence-electron chi connectivity index (χ4n) is 3.31. The van der Waals surface area contributed by atoms with Crippen LogP contribution in [0.25, 0.3) is 6.08 Å². The molecule has 1 aliphatic rings. The number of ether oxygens (including phenoxy) is 2. The van der Waals surface area contributed by atoms with Crippen LogP contribution >= 0.6 is 31.9 Å². The monoisotopic (exact) mass is 588 g/mol. The first-order valence-corrected chi connectivity index (χ1v) is 11.9. The number of hydrogen-bond acceptors (Lipinski definition) is 4. The van der Waals surface area contributed by atoms with E-state index in [0.29, 0.717) is 38.3 Å². The molecule has 174 valence electrons. The molecule has 0 spiro atoms. The van der Waals surface area contributed by atoms with Crippen LogP contribution in [0.1, 0.15) is 18.1 Å². The van der Waals surface area contributed by atoms with Gasteiger partial charge in [-0.3, -0.25) is 15.0 Å². The van der Waals surface area contributed by atoms with Gasteiger partial charge in [-0.1, -0.05) is 30.3 Å². The summed E-state index contributed by atoms with van der Waals surface area (Å²) in [5, 5.41) is 1.21. The maximum absolute atomic E-state index is 13.2. The lowest BCUT2D eigenvalue weighted by molar-refractivity contribution is -0.117. The van der Waals surface area contributed by atoms with Crippen molar-refractivity contribution in [2.24, 2.45) is 0 Å². The Morgan fingerprint density at radius 3 is 2.38 bits per heavy atom. The van der Waals surface area contributed by atoms with E-state index in [2.05, 4.69) is 37.3 Å². The van der Waals surface area contributed by atoms with Gasteiger partial charge in [0.2, 0.25) is 0 Å². The van der Waals surface area contributed by atoms with Gasteiger partial charge in [0.15, 0.2) is 11.5 Å². The van der Waals surface area contributed by atoms with E-state index in [1.165, 1.54) is 23.2 Å². The second-order valence-electron chi connectivity index (χ2n) is 7.24. The first-order chi connectivity index (χ1) is 16.4. The van der Waals surface area contributed by atoms with Crippen LogP contribution < -0.4 is 19.9 Å². The molecule has 0 radical (unpaired) electrons. The Morgan fingerprint density at radius 1 is 1.00 bits per heavy atom. The van der Waals surface area contributed by atoms with Gasteiger partial charge in [0.25, 0.3) is 11.8 Å². The van der Waals surface area contributed by atoms with Crippen molar-refractivity contribution in [3.05, 3.63) is 92.1 Å². The molecule has 6 nitrogen and oxygen atoms in total. The lowest BCUT2D eigenvalue weighted by atomic mass is 10.1. The molecule has 0 saturated carbocycles. The predicted molar refractivity (Wildman–Crippen MR) is 134 cm³/mol. The molecule has 1 fully saturated rings. The van der Waals surface area contributed by atoms with Gasteiger partial charge in [-0.05, 0) is 86.3 Å². The van der Waals surface area contributed by atoms with Gasteiger partial charge < -0.3 is 9.47 Å². The molecule has 1 saturated heterocycles. The molecule has 1 heterocycles. The van der Waals surface area contributed by atoms with Crippen molar-refractivity contribution >= 4 is 55.4 Å². The largest absolute Gasteiger partial charge is 0.490 e. The molecule has 0 aromatic heterocycles. The van der Waals surface area contributed by atoms with E-state index >= 15 is 0 Å². The SMILES string of the molecule is CCOc1cc(/C=C2/C(=O)NN(c3ccccc3)C2=O)c(Br)c(Br)c1OCc1ccc(F)cc1. The number of para-hydroxylation sites is 1. The summed E-state index contributed by atoms with van der Waals surface area (Å²) in [7, 11) is 0. The van der Waals surface area contributed by atoms with Gasteiger partial charge in [0.05, 0.1) is 16.8 Å². The summed E-state index contributed by atoms with van der Waals surface area (Å²) in [4.78, 5) is 25.5. The zero-order valence-corrected chi connectivity index (χ0v) is 21.2. The number of rotatable bonds is 7. The van der Waals surface area contributed by atoms with Crippen LogP contribution in [-0.4, -0.2) is 18.4 Å². The number of nitrogens with zero attached hydrogens (tertiary/aromatic N) is 1. The third-order valence-electron chi connectivity index (χ3n) is 4.96. The van der Waals surface area contributed by atoms with E-state index in [0.717, 1.165) is 5.56 Å². The maximum Gasteiger partial charge on any atom is 0.282 e. The summed E-state index contributed by atoms with van der Waals surface area (Å²) >= 11 is 7.05. The van der Waals surface area contributed by atoms with Crippen LogP contribution in [0.5, 0.6) is 11.5 Å². The standard InChI is InChI=1S/C25H19Br2FN2O4/c1-2-33-20-13-16(12-19-24(31)29-30(25(19)32)18-6-4-3-5-7-18)21(26)22(27)23(20)34-14-15-8-10-17(28)11-9-15/h3-13H,2,14H2,1H3,(H,29,31)/b19-12-. The second-order valence-corrected chi connectivity index (χ2v) is 8.83. The Morgan fingerprint density at radius 2 is 1.71 bits per heavy atom. The van der Waals surface area contributed by atoms with E-state index in [1.54, 1.807) is 42.5 Å². The summed E-state index contributed by atoms with van der Waals surface area (Å²) in [6.07, 6.45) is 1.50. The zero-order valence-electron chi connectivity index (χ0n) is 18.0. The Hall–Kier alpha value is -3.17. The molecule has 0 atom stereocenters. The highest BCUT2D eigenvalue weighted by Gasteiger charge is 2.34. The van der Waals surface area contributed by atoms with Crippen LogP contribution in [0.2, 0.25) is 0 Å². The van der Waals surface area contributed by atoms with Crippen molar-refractivity contribution < 1.29 is 23.5 Å². The van der Waals surface area contributed by atoms with E-state index in [1.807, 2.05) is 13.0 Å². The topological polar surface area (TPSA) is 67.9 Å². The predicted octanol–water partition coefficient (Wildman–Crippen LogP) is 5.79. The summed E-state index contributed by atoms with van der Waals surface area (Å²) in [5.74, 6) is -0.428. The van der Waals surface area contributed by atoms with Crippen molar-refractivity contribution in [3.63, 3.8) is 0 Å². The van der Waals surface area contributed by atoms with Gasteiger partial charge >= 0.3 is 0 Å². The van der Waals surface area contributed by atoms with E-state index < -0.39 is 11.8 Å². The molecule has 34 heavy (non-hydrogen) atoms. The molecule has 9 heteroatoms. The smallest absolute Gasteiger partial charge is 0.282 e. The summed E-state index contributed by atoms with van der Waals surface area (Å²) < 4.78 is 26.1. The number of nitrogens with one attached hydrogen (secondary N) is 1. The molecule has 2 amide bonds. The minimum Gasteiger partial charge on any atom is -0.490 e. The maximum atomic E-state index is 13.2. The third-order valence-corrected chi connectivity index (χ3v) is 7.10. The number of anilines is 1. The Bertz CT molecular complexity index is 1260. The van der Waals surface area contributed by atoms with Crippen LogP contribution in [-0.2, 0) is 16.2 Å². The molecule has 1 N–H and O–H groups in total. The van der Waals surface area contributed by atoms with Crippen molar-refractivity contribution in [2.75, 3.05) is 11.6 Å². The highest BCUT2D eigenvalue weighted by atomic mass is 79.9. The zero-order chi connectivity index (χ0) is 24.2. The highest BCUT2D eigenvalue weighted by molar-refractivity contribution is 9.13. The lowest BCUT2D eigenvalue weighted by Crippen LogP contribution is -2.35. The van der Waals surface area contributed by atoms with Gasteiger partial charge in [-0.25, -0.2) is 9.40 Å². The number of amides is 2. The molecule has 0 aliphatic carbocycles. The van der Waals surface area contributed by atoms with Crippen molar-refractivity contribution in [2.45, 2.75) is 13.5 Å². The summed E-state index contributed by atoms with van der Waals surface area (Å²) in [6, 6.07) is 16.5. The van der Waals surface area contributed by atoms with Gasteiger partial charge in [0, 0.05) is 4.47 Å². The molecular formula is C25H19Br2FN2O4. The fourth-order valence-corrected chi connectivity index (χ4v) is 4.26. The van der Waals surface area contributed by atoms with E-state index in [4.69, 9.17) is 9.47 Å². The number of benzene rings is 3. The normalized spacial score (nSPS) is 14.5. The van der Waals surface area contributed by atoms with Crippen LogP contribution in [0, 0.1) is 5.82 Å². The fraction of sp³-hybridized carbons (Fsp3) is 0.120. The van der Waals surface area contributed by atoms with Crippen molar-refractivity contribution in [3.8, 4) is 11.5 Å². The van der Waals surface area contributed by atoms with Crippen molar-refractivity contribution in [1.82, 2.24) is 5.43 Å². The highest BCUT2D eigenvalue weighted by Crippen LogP contribution is 2.44. The van der Waals surface area contributed by atoms with Crippen LogP contribution in [0.4, 0.5) is 10.1 Å².